The Hall–Kier alpha value is -3.92. The lowest BCUT2D eigenvalue weighted by molar-refractivity contribution is -0.159. The molecule has 3 amide bonds. The highest BCUT2D eigenvalue weighted by Gasteiger charge is 2.38. The third kappa shape index (κ3) is 12.9. The molecule has 0 heterocycles. The Morgan fingerprint density at radius 3 is 2.04 bits per heavy atom. The molecule has 0 aliphatic carbocycles. The number of nitrogens with zero attached hydrogens (tertiary/aromatic N) is 1. The van der Waals surface area contributed by atoms with Gasteiger partial charge in [0.25, 0.3) is 0 Å². The van der Waals surface area contributed by atoms with E-state index < -0.39 is 59.8 Å². The molecule has 248 valence electrons. The number of amides is 3. The van der Waals surface area contributed by atoms with Gasteiger partial charge in [0.15, 0.2) is 0 Å². The molecular formula is C35H51N3O7. The van der Waals surface area contributed by atoms with Crippen LogP contribution >= 0.6 is 0 Å². The Bertz CT molecular complexity index is 1270. The van der Waals surface area contributed by atoms with Crippen molar-refractivity contribution in [2.45, 2.75) is 110 Å². The van der Waals surface area contributed by atoms with Crippen LogP contribution in [-0.2, 0) is 30.3 Å². The number of aryl methyl sites for hydroxylation is 1. The van der Waals surface area contributed by atoms with Gasteiger partial charge in [-0.1, -0.05) is 79.9 Å². The van der Waals surface area contributed by atoms with E-state index in [1.165, 1.54) is 4.90 Å². The Kier molecular flexibility index (Phi) is 14.0. The van der Waals surface area contributed by atoms with Gasteiger partial charge in [-0.3, -0.25) is 9.59 Å². The van der Waals surface area contributed by atoms with Gasteiger partial charge in [0.1, 0.15) is 29.3 Å². The van der Waals surface area contributed by atoms with Crippen LogP contribution in [0.25, 0.3) is 0 Å². The summed E-state index contributed by atoms with van der Waals surface area (Å²) in [5, 5.41) is 15.5. The summed E-state index contributed by atoms with van der Waals surface area (Å²) in [6.45, 7) is 13.7. The number of aliphatic hydroxyl groups is 1. The Labute approximate surface area is 267 Å². The van der Waals surface area contributed by atoms with Crippen molar-refractivity contribution in [2.75, 3.05) is 13.2 Å². The molecule has 2 rings (SSSR count). The van der Waals surface area contributed by atoms with Crippen molar-refractivity contribution in [1.82, 2.24) is 15.5 Å². The van der Waals surface area contributed by atoms with Gasteiger partial charge in [-0.15, -0.1) is 0 Å². The number of hydrogen-bond donors (Lipinski definition) is 3. The van der Waals surface area contributed by atoms with Gasteiger partial charge in [0.05, 0.1) is 6.61 Å². The first-order valence-corrected chi connectivity index (χ1v) is 15.6. The lowest BCUT2D eigenvalue weighted by atomic mass is 9.99. The van der Waals surface area contributed by atoms with Crippen LogP contribution in [0.5, 0.6) is 0 Å². The quantitative estimate of drug-likeness (QED) is 0.199. The van der Waals surface area contributed by atoms with Crippen molar-refractivity contribution >= 4 is 23.9 Å². The number of esters is 1. The van der Waals surface area contributed by atoms with Crippen molar-refractivity contribution in [2.24, 2.45) is 0 Å². The zero-order valence-corrected chi connectivity index (χ0v) is 28.0. The predicted molar refractivity (Wildman–Crippen MR) is 173 cm³/mol. The smallest absolute Gasteiger partial charge is 0.408 e. The molecule has 45 heavy (non-hydrogen) atoms. The highest BCUT2D eigenvalue weighted by molar-refractivity contribution is 5.94. The summed E-state index contributed by atoms with van der Waals surface area (Å²) in [6, 6.07) is 12.9. The number of unbranched alkanes of at least 4 members (excludes halogenated alkanes) is 2. The zero-order chi connectivity index (χ0) is 33.8. The molecule has 3 atom stereocenters. The van der Waals surface area contributed by atoms with E-state index in [1.54, 1.807) is 59.7 Å². The molecule has 10 heteroatoms. The number of hydrogen-bond acceptors (Lipinski definition) is 7. The molecule has 0 fully saturated rings. The number of carbonyl (C=O) groups is 4. The maximum Gasteiger partial charge on any atom is 0.408 e. The molecule has 0 radical (unpaired) electrons. The lowest BCUT2D eigenvalue weighted by Crippen LogP contribution is -2.56. The summed E-state index contributed by atoms with van der Waals surface area (Å²) in [4.78, 5) is 55.8. The molecule has 3 unspecified atom stereocenters. The number of ether oxygens (including phenoxy) is 2. The summed E-state index contributed by atoms with van der Waals surface area (Å²) in [6.07, 6.45) is 1.52. The van der Waals surface area contributed by atoms with Gasteiger partial charge in [0, 0.05) is 13.0 Å². The summed E-state index contributed by atoms with van der Waals surface area (Å²) < 4.78 is 11.0. The second-order valence-electron chi connectivity index (χ2n) is 13.2. The van der Waals surface area contributed by atoms with Gasteiger partial charge in [-0.05, 0) is 66.0 Å². The molecule has 2 aromatic rings. The first-order valence-electron chi connectivity index (χ1n) is 15.6. The number of alkyl carbamates (subject to hydrolysis) is 1. The fourth-order valence-corrected chi connectivity index (χ4v) is 4.71. The summed E-state index contributed by atoms with van der Waals surface area (Å²) in [5.41, 5.74) is 0.585. The normalized spacial score (nSPS) is 13.6. The van der Waals surface area contributed by atoms with E-state index in [4.69, 9.17) is 9.47 Å². The topological polar surface area (TPSA) is 134 Å². The monoisotopic (exact) mass is 625 g/mol. The van der Waals surface area contributed by atoms with Crippen LogP contribution in [-0.4, -0.2) is 70.3 Å². The molecule has 0 aliphatic rings. The highest BCUT2D eigenvalue weighted by atomic mass is 16.6. The van der Waals surface area contributed by atoms with E-state index >= 15 is 0 Å². The SMILES string of the molecule is CCCCCN(C(=O)C(CO)NC(=O)OC(C)(C)C)C(C(=O)NC(Cc1ccccc1)C(=O)OC(C)(C)C)c1cccc(C)c1. The number of carbonyl (C=O) groups excluding carboxylic acids is 4. The van der Waals surface area contributed by atoms with Crippen LogP contribution in [0.4, 0.5) is 4.79 Å². The molecule has 0 saturated heterocycles. The Morgan fingerprint density at radius 1 is 0.844 bits per heavy atom. The molecule has 2 aromatic carbocycles. The van der Waals surface area contributed by atoms with Crippen LogP contribution in [0.1, 0.15) is 90.5 Å². The fraction of sp³-hybridized carbons (Fsp3) is 0.543. The minimum Gasteiger partial charge on any atom is -0.458 e. The molecule has 0 aliphatic heterocycles. The Balaban J connectivity index is 2.56. The molecule has 0 spiro atoms. The van der Waals surface area contributed by atoms with Gasteiger partial charge < -0.3 is 30.1 Å². The molecule has 0 aromatic heterocycles. The van der Waals surface area contributed by atoms with Crippen molar-refractivity contribution in [3.8, 4) is 0 Å². The maximum absolute atomic E-state index is 14.3. The standard InChI is InChI=1S/C35H51N3O7/c1-9-10-14-20-38(31(41)28(23-39)37-33(43)45-35(6,7)8)29(26-19-15-16-24(2)21-26)30(40)36-27(32(42)44-34(3,4)5)22-25-17-12-11-13-18-25/h11-13,15-19,21,27-29,39H,9-10,14,20,22-23H2,1-8H3,(H,36,40)(H,37,43). The molecule has 0 saturated carbocycles. The zero-order valence-electron chi connectivity index (χ0n) is 28.0. The average Bonchev–Trinajstić information content (AvgIpc) is 2.93. The maximum atomic E-state index is 14.3. The van der Waals surface area contributed by atoms with Gasteiger partial charge in [0.2, 0.25) is 11.8 Å². The number of benzene rings is 2. The van der Waals surface area contributed by atoms with Crippen LogP contribution in [0.3, 0.4) is 0 Å². The second-order valence-corrected chi connectivity index (χ2v) is 13.2. The first kappa shape index (κ1) is 37.3. The average molecular weight is 626 g/mol. The summed E-state index contributed by atoms with van der Waals surface area (Å²) in [5.74, 6) is -1.85. The van der Waals surface area contributed by atoms with E-state index in [2.05, 4.69) is 10.6 Å². The second kappa shape index (κ2) is 17.0. The highest BCUT2D eigenvalue weighted by Crippen LogP contribution is 2.25. The molecular weight excluding hydrogens is 574 g/mol. The van der Waals surface area contributed by atoms with Crippen LogP contribution in [0.15, 0.2) is 54.6 Å². The van der Waals surface area contributed by atoms with Crippen molar-refractivity contribution in [3.63, 3.8) is 0 Å². The van der Waals surface area contributed by atoms with Crippen LogP contribution in [0.2, 0.25) is 0 Å². The van der Waals surface area contributed by atoms with E-state index in [1.807, 2.05) is 50.2 Å². The third-order valence-electron chi connectivity index (χ3n) is 6.67. The summed E-state index contributed by atoms with van der Waals surface area (Å²) in [7, 11) is 0. The first-order chi connectivity index (χ1) is 21.0. The largest absolute Gasteiger partial charge is 0.458 e. The predicted octanol–water partition coefficient (Wildman–Crippen LogP) is 5.01. The number of rotatable bonds is 14. The lowest BCUT2D eigenvalue weighted by Gasteiger charge is -2.35. The van der Waals surface area contributed by atoms with Gasteiger partial charge in [-0.2, -0.15) is 0 Å². The molecule has 10 nitrogen and oxygen atoms in total. The van der Waals surface area contributed by atoms with Gasteiger partial charge in [-0.25, -0.2) is 9.59 Å². The van der Waals surface area contributed by atoms with Crippen LogP contribution in [0, 0.1) is 6.92 Å². The minimum absolute atomic E-state index is 0.168. The fourth-order valence-electron chi connectivity index (χ4n) is 4.71. The van der Waals surface area contributed by atoms with E-state index in [0.29, 0.717) is 12.0 Å². The van der Waals surface area contributed by atoms with Crippen LogP contribution < -0.4 is 10.6 Å². The van der Waals surface area contributed by atoms with E-state index in [-0.39, 0.29) is 13.0 Å². The molecule has 0 bridgehead atoms. The third-order valence-corrected chi connectivity index (χ3v) is 6.67. The van der Waals surface area contributed by atoms with Crippen molar-refractivity contribution < 1.29 is 33.8 Å². The number of aliphatic hydroxyl groups excluding tert-OH is 1. The minimum atomic E-state index is -1.37. The molecule has 3 N–H and O–H groups in total. The van der Waals surface area contributed by atoms with E-state index in [0.717, 1.165) is 24.0 Å². The Morgan fingerprint density at radius 2 is 1.49 bits per heavy atom. The van der Waals surface area contributed by atoms with Gasteiger partial charge >= 0.3 is 12.1 Å². The number of nitrogens with one attached hydrogen (secondary N) is 2. The van der Waals surface area contributed by atoms with E-state index in [9.17, 15) is 24.3 Å². The van der Waals surface area contributed by atoms with Crippen molar-refractivity contribution in [1.29, 1.82) is 0 Å². The summed E-state index contributed by atoms with van der Waals surface area (Å²) >= 11 is 0. The van der Waals surface area contributed by atoms with Crippen molar-refractivity contribution in [3.05, 3.63) is 71.3 Å².